The van der Waals surface area contributed by atoms with Crippen LogP contribution in [0.25, 0.3) is 0 Å². The Morgan fingerprint density at radius 1 is 1.28 bits per heavy atom. The maximum Gasteiger partial charge on any atom is 0.269 e. The number of amides is 1. The molecule has 0 aromatic heterocycles. The van der Waals surface area contributed by atoms with Crippen molar-refractivity contribution < 1.29 is 14.8 Å². The van der Waals surface area contributed by atoms with Gasteiger partial charge in [0.15, 0.2) is 0 Å². The fraction of sp³-hybridized carbons (Fsp3) is 0.278. The molecule has 7 nitrogen and oxygen atoms in total. The highest BCUT2D eigenvalue weighted by Crippen LogP contribution is 2.26. The molecule has 2 aromatic rings. The van der Waals surface area contributed by atoms with Gasteiger partial charge in [0.25, 0.3) is 11.6 Å². The number of carbonyl (C=O) groups is 1. The van der Waals surface area contributed by atoms with E-state index < -0.39 is 4.92 Å². The number of aliphatic hydroxyl groups is 1. The zero-order valence-corrected chi connectivity index (χ0v) is 14.2. The molecule has 0 fully saturated rings. The lowest BCUT2D eigenvalue weighted by Gasteiger charge is -2.19. The Balaban J connectivity index is 2.21. The number of benzene rings is 2. The summed E-state index contributed by atoms with van der Waals surface area (Å²) in [6.07, 6.45) is 0. The first-order valence-corrected chi connectivity index (χ1v) is 7.93. The zero-order chi connectivity index (χ0) is 18.4. The van der Waals surface area contributed by atoms with Crippen LogP contribution in [0.1, 0.15) is 34.5 Å². The van der Waals surface area contributed by atoms with E-state index in [0.29, 0.717) is 5.56 Å². The highest BCUT2D eigenvalue weighted by atomic mass is 16.6. The number of carbonyl (C=O) groups excluding carboxylic acids is 1. The van der Waals surface area contributed by atoms with E-state index in [1.54, 1.807) is 18.2 Å². The van der Waals surface area contributed by atoms with Crippen molar-refractivity contribution in [1.82, 2.24) is 5.32 Å². The van der Waals surface area contributed by atoms with Crippen LogP contribution in [0.15, 0.2) is 42.5 Å². The first-order chi connectivity index (χ1) is 11.9. The molecule has 3 N–H and O–H groups in total. The number of rotatable bonds is 7. The Labute approximate surface area is 145 Å². The molecule has 2 aromatic carbocycles. The molecule has 7 heteroatoms. The second kappa shape index (κ2) is 8.25. The van der Waals surface area contributed by atoms with E-state index >= 15 is 0 Å². The van der Waals surface area contributed by atoms with Crippen LogP contribution in [0.5, 0.6) is 0 Å². The van der Waals surface area contributed by atoms with Gasteiger partial charge in [-0.25, -0.2) is 0 Å². The maximum atomic E-state index is 12.1. The van der Waals surface area contributed by atoms with Crippen LogP contribution in [0.2, 0.25) is 0 Å². The maximum absolute atomic E-state index is 12.1. The fourth-order valence-electron chi connectivity index (χ4n) is 2.53. The van der Waals surface area contributed by atoms with Gasteiger partial charge in [0.2, 0.25) is 0 Å². The molecule has 0 aliphatic carbocycles. The van der Waals surface area contributed by atoms with Gasteiger partial charge in [-0.1, -0.05) is 18.2 Å². The quantitative estimate of drug-likeness (QED) is 0.530. The fourth-order valence-corrected chi connectivity index (χ4v) is 2.53. The summed E-state index contributed by atoms with van der Waals surface area (Å²) in [5.74, 6) is -0.252. The van der Waals surface area contributed by atoms with Crippen LogP contribution in [0.4, 0.5) is 11.4 Å². The average Bonchev–Trinajstić information content (AvgIpc) is 2.61. The molecule has 0 heterocycles. The minimum atomic E-state index is -0.423. The van der Waals surface area contributed by atoms with Crippen LogP contribution in [0, 0.1) is 17.0 Å². The topological polar surface area (TPSA) is 105 Å². The second-order valence-corrected chi connectivity index (χ2v) is 5.68. The third kappa shape index (κ3) is 4.54. The van der Waals surface area contributed by atoms with E-state index in [9.17, 15) is 14.9 Å². The average molecular weight is 343 g/mol. The summed E-state index contributed by atoms with van der Waals surface area (Å²) < 4.78 is 0. The number of aliphatic hydroxyl groups excluding tert-OH is 1. The first kappa shape index (κ1) is 18.4. The molecule has 0 bridgehead atoms. The lowest BCUT2D eigenvalue weighted by molar-refractivity contribution is -0.384. The number of hydrogen-bond acceptors (Lipinski definition) is 5. The van der Waals surface area contributed by atoms with Crippen molar-refractivity contribution >= 4 is 17.3 Å². The van der Waals surface area contributed by atoms with Gasteiger partial charge in [-0.2, -0.15) is 0 Å². The number of nitrogens with one attached hydrogen (secondary N) is 2. The molecular formula is C18H21N3O4. The van der Waals surface area contributed by atoms with Crippen molar-refractivity contribution in [3.05, 3.63) is 69.3 Å². The molecule has 1 unspecified atom stereocenters. The second-order valence-electron chi connectivity index (χ2n) is 5.68. The third-order valence-corrected chi connectivity index (χ3v) is 3.93. The molecule has 25 heavy (non-hydrogen) atoms. The predicted octanol–water partition coefficient (Wildman–Crippen LogP) is 2.80. The van der Waals surface area contributed by atoms with Crippen molar-refractivity contribution in [3.8, 4) is 0 Å². The summed E-state index contributed by atoms with van der Waals surface area (Å²) >= 11 is 0. The highest BCUT2D eigenvalue weighted by molar-refractivity contribution is 5.97. The molecule has 0 spiro atoms. The standard InChI is InChI=1S/C18H21N3O4/c1-12-16(18(23)19-9-10-22)7-4-8-17(12)20-13(2)14-5-3-6-15(11-14)21(24)25/h3-8,11,13,20,22H,9-10H2,1-2H3,(H,19,23). The molecule has 0 aliphatic heterocycles. The van der Waals surface area contributed by atoms with Gasteiger partial charge >= 0.3 is 0 Å². The smallest absolute Gasteiger partial charge is 0.269 e. The summed E-state index contributed by atoms with van der Waals surface area (Å²) in [5, 5.41) is 25.7. The summed E-state index contributed by atoms with van der Waals surface area (Å²) in [6, 6.07) is 11.6. The number of hydrogen-bond donors (Lipinski definition) is 3. The Bertz CT molecular complexity index is 777. The summed E-state index contributed by atoms with van der Waals surface area (Å²) in [7, 11) is 0. The Morgan fingerprint density at radius 3 is 2.68 bits per heavy atom. The molecule has 0 saturated heterocycles. The monoisotopic (exact) mass is 343 g/mol. The van der Waals surface area contributed by atoms with E-state index in [0.717, 1.165) is 16.8 Å². The first-order valence-electron chi connectivity index (χ1n) is 7.93. The largest absolute Gasteiger partial charge is 0.395 e. The molecule has 0 saturated carbocycles. The minimum Gasteiger partial charge on any atom is -0.395 e. The lowest BCUT2D eigenvalue weighted by atomic mass is 10.0. The van der Waals surface area contributed by atoms with Crippen LogP contribution < -0.4 is 10.6 Å². The van der Waals surface area contributed by atoms with Crippen LogP contribution in [-0.2, 0) is 0 Å². The summed E-state index contributed by atoms with van der Waals surface area (Å²) in [5.41, 5.74) is 2.89. The van der Waals surface area contributed by atoms with Crippen LogP contribution in [0.3, 0.4) is 0 Å². The van der Waals surface area contributed by atoms with Gasteiger partial charge in [0, 0.05) is 36.0 Å². The van der Waals surface area contributed by atoms with Gasteiger partial charge < -0.3 is 15.7 Å². The Kier molecular flexibility index (Phi) is 6.08. The van der Waals surface area contributed by atoms with E-state index in [-0.39, 0.29) is 30.8 Å². The van der Waals surface area contributed by atoms with E-state index in [1.165, 1.54) is 12.1 Å². The van der Waals surface area contributed by atoms with Crippen molar-refractivity contribution in [2.24, 2.45) is 0 Å². The molecule has 1 atom stereocenters. The Morgan fingerprint density at radius 2 is 2.00 bits per heavy atom. The lowest BCUT2D eigenvalue weighted by Crippen LogP contribution is -2.27. The van der Waals surface area contributed by atoms with Crippen molar-refractivity contribution in [2.75, 3.05) is 18.5 Å². The number of anilines is 1. The SMILES string of the molecule is Cc1c(NC(C)c2cccc([N+](=O)[O-])c2)cccc1C(=O)NCCO. The molecule has 132 valence electrons. The van der Waals surface area contributed by atoms with Gasteiger partial charge in [-0.3, -0.25) is 14.9 Å². The van der Waals surface area contributed by atoms with Gasteiger partial charge in [0.1, 0.15) is 0 Å². The molecule has 2 rings (SSSR count). The normalized spacial score (nSPS) is 11.6. The van der Waals surface area contributed by atoms with Gasteiger partial charge in [0.05, 0.1) is 11.5 Å². The third-order valence-electron chi connectivity index (χ3n) is 3.93. The van der Waals surface area contributed by atoms with Crippen molar-refractivity contribution in [3.63, 3.8) is 0 Å². The van der Waals surface area contributed by atoms with Crippen molar-refractivity contribution in [2.45, 2.75) is 19.9 Å². The zero-order valence-electron chi connectivity index (χ0n) is 14.2. The van der Waals surface area contributed by atoms with Crippen LogP contribution in [-0.4, -0.2) is 29.1 Å². The number of nitro groups is 1. The molecule has 0 aliphatic rings. The predicted molar refractivity (Wildman–Crippen MR) is 95.7 cm³/mol. The van der Waals surface area contributed by atoms with Gasteiger partial charge in [-0.05, 0) is 37.1 Å². The Hall–Kier alpha value is -2.93. The van der Waals surface area contributed by atoms with Crippen LogP contribution >= 0.6 is 0 Å². The summed E-state index contributed by atoms with van der Waals surface area (Å²) in [6.45, 7) is 3.81. The van der Waals surface area contributed by atoms with E-state index in [4.69, 9.17) is 5.11 Å². The van der Waals surface area contributed by atoms with E-state index in [1.807, 2.05) is 26.0 Å². The molecule has 1 amide bonds. The molecule has 0 radical (unpaired) electrons. The number of nitro benzene ring substituents is 1. The minimum absolute atomic E-state index is 0.0417. The highest BCUT2D eigenvalue weighted by Gasteiger charge is 2.15. The summed E-state index contributed by atoms with van der Waals surface area (Å²) in [4.78, 5) is 22.6. The number of nitrogens with zero attached hydrogens (tertiary/aromatic N) is 1. The van der Waals surface area contributed by atoms with E-state index in [2.05, 4.69) is 10.6 Å². The molecular weight excluding hydrogens is 322 g/mol. The van der Waals surface area contributed by atoms with Gasteiger partial charge in [-0.15, -0.1) is 0 Å². The van der Waals surface area contributed by atoms with Crippen molar-refractivity contribution in [1.29, 1.82) is 0 Å². The number of non-ortho nitro benzene ring substituents is 1.